The molecule has 2 aromatic carbocycles. The van der Waals surface area contributed by atoms with Crippen molar-refractivity contribution in [3.63, 3.8) is 0 Å². The molecule has 1 aromatic heterocycles. The third-order valence-electron chi connectivity index (χ3n) is 3.34. The van der Waals surface area contributed by atoms with Crippen molar-refractivity contribution in [1.29, 1.82) is 0 Å². The van der Waals surface area contributed by atoms with Gasteiger partial charge in [-0.3, -0.25) is 4.98 Å². The molecule has 0 saturated heterocycles. The lowest BCUT2D eigenvalue weighted by molar-refractivity contribution is 0.136. The van der Waals surface area contributed by atoms with Gasteiger partial charge in [-0.15, -0.1) is 0 Å². The molecular formula is C17H14FNO. The second-order valence-corrected chi connectivity index (χ2v) is 4.66. The SMILES string of the molecule is COC(c1cncc(F)c1)c1ccc2ccccc2c1. The lowest BCUT2D eigenvalue weighted by atomic mass is 9.99. The summed E-state index contributed by atoms with van der Waals surface area (Å²) in [5.74, 6) is -0.356. The Balaban J connectivity index is 2.07. The van der Waals surface area contributed by atoms with E-state index in [4.69, 9.17) is 4.74 Å². The van der Waals surface area contributed by atoms with E-state index in [2.05, 4.69) is 23.2 Å². The summed E-state index contributed by atoms with van der Waals surface area (Å²) in [5, 5.41) is 2.31. The molecule has 1 heterocycles. The van der Waals surface area contributed by atoms with Gasteiger partial charge in [0.25, 0.3) is 0 Å². The Bertz CT molecular complexity index is 742. The minimum atomic E-state index is -0.356. The molecule has 0 N–H and O–H groups in total. The molecule has 0 saturated carbocycles. The van der Waals surface area contributed by atoms with Crippen LogP contribution < -0.4 is 0 Å². The van der Waals surface area contributed by atoms with E-state index in [0.717, 1.165) is 10.9 Å². The van der Waals surface area contributed by atoms with Crippen LogP contribution in [0.2, 0.25) is 0 Å². The van der Waals surface area contributed by atoms with Crippen LogP contribution in [0.4, 0.5) is 4.39 Å². The van der Waals surface area contributed by atoms with Crippen LogP contribution in [-0.2, 0) is 4.74 Å². The maximum absolute atomic E-state index is 13.3. The highest BCUT2D eigenvalue weighted by molar-refractivity contribution is 5.83. The van der Waals surface area contributed by atoms with Crippen LogP contribution in [-0.4, -0.2) is 12.1 Å². The quantitative estimate of drug-likeness (QED) is 0.712. The van der Waals surface area contributed by atoms with Gasteiger partial charge in [0.1, 0.15) is 11.9 Å². The van der Waals surface area contributed by atoms with Crippen molar-refractivity contribution in [3.8, 4) is 0 Å². The van der Waals surface area contributed by atoms with Crippen molar-refractivity contribution in [1.82, 2.24) is 4.98 Å². The van der Waals surface area contributed by atoms with Gasteiger partial charge in [0.15, 0.2) is 0 Å². The van der Waals surface area contributed by atoms with Gasteiger partial charge in [-0.1, -0.05) is 36.4 Å². The van der Waals surface area contributed by atoms with Gasteiger partial charge < -0.3 is 4.74 Å². The summed E-state index contributed by atoms with van der Waals surface area (Å²) < 4.78 is 18.8. The zero-order valence-electron chi connectivity index (χ0n) is 11.1. The lowest BCUT2D eigenvalue weighted by Crippen LogP contribution is -2.04. The van der Waals surface area contributed by atoms with E-state index in [1.54, 1.807) is 13.3 Å². The predicted molar refractivity (Wildman–Crippen MR) is 77.0 cm³/mol. The Labute approximate surface area is 116 Å². The Morgan fingerprint density at radius 1 is 0.950 bits per heavy atom. The molecule has 0 aliphatic heterocycles. The summed E-state index contributed by atoms with van der Waals surface area (Å²) in [5.41, 5.74) is 1.70. The van der Waals surface area contributed by atoms with Crippen LogP contribution in [0.3, 0.4) is 0 Å². The molecule has 2 nitrogen and oxygen atoms in total. The van der Waals surface area contributed by atoms with E-state index >= 15 is 0 Å². The number of pyridine rings is 1. The molecule has 0 radical (unpaired) electrons. The summed E-state index contributed by atoms with van der Waals surface area (Å²) >= 11 is 0. The largest absolute Gasteiger partial charge is 0.372 e. The Kier molecular flexibility index (Phi) is 3.44. The topological polar surface area (TPSA) is 22.1 Å². The third-order valence-corrected chi connectivity index (χ3v) is 3.34. The van der Waals surface area contributed by atoms with E-state index in [0.29, 0.717) is 5.56 Å². The molecule has 0 aliphatic carbocycles. The normalized spacial score (nSPS) is 12.5. The number of benzene rings is 2. The van der Waals surface area contributed by atoms with Gasteiger partial charge >= 0.3 is 0 Å². The van der Waals surface area contributed by atoms with Crippen LogP contribution in [0.15, 0.2) is 60.9 Å². The molecule has 0 aliphatic rings. The second-order valence-electron chi connectivity index (χ2n) is 4.66. The highest BCUT2D eigenvalue weighted by Crippen LogP contribution is 2.28. The van der Waals surface area contributed by atoms with Gasteiger partial charge in [-0.2, -0.15) is 0 Å². The first-order chi connectivity index (χ1) is 9.78. The summed E-state index contributed by atoms with van der Waals surface area (Å²) in [7, 11) is 1.62. The van der Waals surface area contributed by atoms with Crippen molar-refractivity contribution in [2.75, 3.05) is 7.11 Å². The van der Waals surface area contributed by atoms with Crippen molar-refractivity contribution < 1.29 is 9.13 Å². The van der Waals surface area contributed by atoms with E-state index < -0.39 is 0 Å². The van der Waals surface area contributed by atoms with Crippen molar-refractivity contribution >= 4 is 10.8 Å². The number of aromatic nitrogens is 1. The Hall–Kier alpha value is -2.26. The van der Waals surface area contributed by atoms with Crippen molar-refractivity contribution in [3.05, 3.63) is 77.9 Å². The number of methoxy groups -OCH3 is 1. The summed E-state index contributed by atoms with van der Waals surface area (Å²) in [6.45, 7) is 0. The molecule has 1 atom stereocenters. The average Bonchev–Trinajstić information content (AvgIpc) is 2.48. The molecule has 3 heteroatoms. The average molecular weight is 267 g/mol. The first-order valence-electron chi connectivity index (χ1n) is 6.40. The molecule has 1 unspecified atom stereocenters. The number of hydrogen-bond acceptors (Lipinski definition) is 2. The maximum atomic E-state index is 13.3. The van der Waals surface area contributed by atoms with Gasteiger partial charge in [0, 0.05) is 18.9 Å². The van der Waals surface area contributed by atoms with Gasteiger partial charge in [-0.05, 0) is 28.5 Å². The molecule has 20 heavy (non-hydrogen) atoms. The second kappa shape index (κ2) is 5.39. The van der Waals surface area contributed by atoms with Crippen LogP contribution in [0.25, 0.3) is 10.8 Å². The number of nitrogens with zero attached hydrogens (tertiary/aromatic N) is 1. The summed E-state index contributed by atoms with van der Waals surface area (Å²) in [6.07, 6.45) is 2.51. The first kappa shape index (κ1) is 12.8. The van der Waals surface area contributed by atoms with Gasteiger partial charge in [0.05, 0.1) is 6.20 Å². The van der Waals surface area contributed by atoms with Crippen LogP contribution in [0.5, 0.6) is 0 Å². The van der Waals surface area contributed by atoms with E-state index in [1.807, 2.05) is 24.3 Å². The fourth-order valence-electron chi connectivity index (χ4n) is 2.41. The molecule has 0 fully saturated rings. The van der Waals surface area contributed by atoms with Crippen LogP contribution >= 0.6 is 0 Å². The number of rotatable bonds is 3. The molecule has 0 spiro atoms. The van der Waals surface area contributed by atoms with Gasteiger partial charge in [0.2, 0.25) is 0 Å². The maximum Gasteiger partial charge on any atom is 0.141 e. The fourth-order valence-corrected chi connectivity index (χ4v) is 2.41. The van der Waals surface area contributed by atoms with Crippen LogP contribution in [0.1, 0.15) is 17.2 Å². The summed E-state index contributed by atoms with van der Waals surface area (Å²) in [4.78, 5) is 3.89. The smallest absolute Gasteiger partial charge is 0.141 e. The van der Waals surface area contributed by atoms with Gasteiger partial charge in [-0.25, -0.2) is 4.39 Å². The first-order valence-corrected chi connectivity index (χ1v) is 6.40. The van der Waals surface area contributed by atoms with Crippen LogP contribution in [0, 0.1) is 5.82 Å². The predicted octanol–water partition coefficient (Wildman–Crippen LogP) is 4.11. The van der Waals surface area contributed by atoms with E-state index in [-0.39, 0.29) is 11.9 Å². The Morgan fingerprint density at radius 3 is 2.50 bits per heavy atom. The Morgan fingerprint density at radius 2 is 1.75 bits per heavy atom. The fraction of sp³-hybridized carbons (Fsp3) is 0.118. The zero-order valence-corrected chi connectivity index (χ0v) is 11.1. The highest BCUT2D eigenvalue weighted by atomic mass is 19.1. The lowest BCUT2D eigenvalue weighted by Gasteiger charge is -2.16. The number of fused-ring (bicyclic) bond motifs is 1. The molecule has 3 aromatic rings. The highest BCUT2D eigenvalue weighted by Gasteiger charge is 2.14. The minimum absolute atomic E-state index is 0.317. The number of ether oxygens (including phenoxy) is 1. The van der Waals surface area contributed by atoms with Crippen molar-refractivity contribution in [2.45, 2.75) is 6.10 Å². The standard InChI is InChI=1S/C17H14FNO/c1-20-17(15-9-16(18)11-19-10-15)14-7-6-12-4-2-3-5-13(12)8-14/h2-11,17H,1H3. The molecular weight excluding hydrogens is 253 g/mol. The molecule has 100 valence electrons. The molecule has 0 bridgehead atoms. The summed E-state index contributed by atoms with van der Waals surface area (Å²) in [6, 6.07) is 15.7. The number of hydrogen-bond donors (Lipinski definition) is 0. The minimum Gasteiger partial charge on any atom is -0.372 e. The van der Waals surface area contributed by atoms with E-state index in [9.17, 15) is 4.39 Å². The third kappa shape index (κ3) is 2.40. The number of halogens is 1. The van der Waals surface area contributed by atoms with E-state index in [1.165, 1.54) is 17.6 Å². The molecule has 0 amide bonds. The monoisotopic (exact) mass is 267 g/mol. The van der Waals surface area contributed by atoms with Crippen molar-refractivity contribution in [2.24, 2.45) is 0 Å². The zero-order chi connectivity index (χ0) is 13.9. The molecule has 3 rings (SSSR count).